The summed E-state index contributed by atoms with van der Waals surface area (Å²) in [5, 5.41) is 3.33. The lowest BCUT2D eigenvalue weighted by Gasteiger charge is -2.23. The van der Waals surface area contributed by atoms with E-state index >= 15 is 0 Å². The topological polar surface area (TPSA) is 38.0 Å². The van der Waals surface area contributed by atoms with Gasteiger partial charge in [-0.25, -0.2) is 0 Å². The van der Waals surface area contributed by atoms with Gasteiger partial charge in [0.05, 0.1) is 0 Å². The highest BCUT2D eigenvalue weighted by Gasteiger charge is 2.14. The van der Waals surface area contributed by atoms with Gasteiger partial charge < -0.3 is 11.1 Å². The lowest BCUT2D eigenvalue weighted by Crippen LogP contribution is -2.33. The fraction of sp³-hybridized carbons (Fsp3) is 0.750. The van der Waals surface area contributed by atoms with Crippen LogP contribution in [0.2, 0.25) is 0 Å². The van der Waals surface area contributed by atoms with Crippen LogP contribution in [0.15, 0.2) is 0 Å². The lowest BCUT2D eigenvalue weighted by molar-refractivity contribution is 0.416. The summed E-state index contributed by atoms with van der Waals surface area (Å²) in [6.07, 6.45) is 6.46. The summed E-state index contributed by atoms with van der Waals surface area (Å²) in [5.41, 5.74) is 5.36. The first kappa shape index (κ1) is 12.5. The molecule has 1 aliphatic carbocycles. The van der Waals surface area contributed by atoms with Gasteiger partial charge in [0.2, 0.25) is 0 Å². The van der Waals surface area contributed by atoms with E-state index in [1.165, 1.54) is 53.7 Å². The van der Waals surface area contributed by atoms with Gasteiger partial charge in [-0.3, -0.25) is 0 Å². The third-order valence-corrected chi connectivity index (χ3v) is 5.18. The number of nitrogens with two attached hydrogens (primary N) is 1. The third kappa shape index (κ3) is 5.38. The molecule has 0 atom stereocenters. The van der Waals surface area contributed by atoms with Crippen LogP contribution in [0.1, 0.15) is 32.1 Å². The van der Waals surface area contributed by atoms with Gasteiger partial charge in [0.1, 0.15) is 8.64 Å². The summed E-state index contributed by atoms with van der Waals surface area (Å²) in [7, 11) is 2.80. The molecule has 0 aromatic rings. The Morgan fingerprint density at radius 3 is 2.36 bits per heavy atom. The van der Waals surface area contributed by atoms with E-state index in [2.05, 4.69) is 5.32 Å². The zero-order valence-corrected chi connectivity index (χ0v) is 11.1. The molecule has 1 saturated carbocycles. The average molecular weight is 266 g/mol. The van der Waals surface area contributed by atoms with E-state index in [0.29, 0.717) is 10.4 Å². The lowest BCUT2D eigenvalue weighted by atomic mass is 9.96. The van der Waals surface area contributed by atoms with Crippen LogP contribution in [0.25, 0.3) is 0 Å². The Kier molecular flexibility index (Phi) is 6.16. The summed E-state index contributed by atoms with van der Waals surface area (Å²) < 4.78 is 1.23. The third-order valence-electron chi connectivity index (χ3n) is 2.13. The minimum Gasteiger partial charge on any atom is -0.384 e. The molecule has 1 fully saturated rings. The van der Waals surface area contributed by atoms with Crippen molar-refractivity contribution in [3.05, 3.63) is 0 Å². The summed E-state index contributed by atoms with van der Waals surface area (Å²) >= 11 is 9.92. The first-order valence-corrected chi connectivity index (χ1v) is 7.59. The number of thiocarbonyl (C=S) groups is 2. The number of nitrogens with one attached hydrogen (secondary N) is 1. The van der Waals surface area contributed by atoms with E-state index in [1.54, 1.807) is 0 Å². The van der Waals surface area contributed by atoms with E-state index in [1.807, 2.05) is 0 Å². The Balaban J connectivity index is 2.15. The molecule has 80 valence electrons. The van der Waals surface area contributed by atoms with E-state index in [0.717, 1.165) is 4.32 Å². The normalized spacial score (nSPS) is 17.7. The first-order valence-electron chi connectivity index (χ1n) is 4.63. The van der Waals surface area contributed by atoms with Gasteiger partial charge in [-0.2, -0.15) is 0 Å². The average Bonchev–Trinajstić information content (AvgIpc) is 2.16. The predicted molar refractivity (Wildman–Crippen MR) is 74.6 cm³/mol. The molecule has 0 spiro atoms. The van der Waals surface area contributed by atoms with Crippen LogP contribution in [0.5, 0.6) is 0 Å². The summed E-state index contributed by atoms with van der Waals surface area (Å²) in [5.74, 6) is 0. The van der Waals surface area contributed by atoms with Crippen molar-refractivity contribution in [1.29, 1.82) is 0 Å². The predicted octanol–water partition coefficient (Wildman–Crippen LogP) is 2.82. The monoisotopic (exact) mass is 266 g/mol. The molecule has 3 N–H and O–H groups in total. The zero-order valence-electron chi connectivity index (χ0n) is 7.82. The fourth-order valence-electron chi connectivity index (χ4n) is 1.52. The Morgan fingerprint density at radius 2 is 1.79 bits per heavy atom. The molecule has 0 aromatic carbocycles. The molecular weight excluding hydrogens is 252 g/mol. The number of hydrogen-bond acceptors (Lipinski definition) is 4. The molecule has 0 bridgehead atoms. The largest absolute Gasteiger partial charge is 0.384 e. The van der Waals surface area contributed by atoms with E-state index < -0.39 is 0 Å². The number of hydrogen-bond donors (Lipinski definition) is 2. The van der Waals surface area contributed by atoms with Crippen LogP contribution in [0.4, 0.5) is 0 Å². The highest BCUT2D eigenvalue weighted by Crippen LogP contribution is 2.24. The van der Waals surface area contributed by atoms with Gasteiger partial charge >= 0.3 is 0 Å². The molecular formula is C8H14N2S4. The maximum atomic E-state index is 5.36. The molecule has 0 unspecified atom stereocenters. The molecule has 0 heterocycles. The van der Waals surface area contributed by atoms with Gasteiger partial charge in [-0.1, -0.05) is 43.7 Å². The van der Waals surface area contributed by atoms with Crippen LogP contribution < -0.4 is 11.1 Å². The first-order chi connectivity index (χ1) is 6.68. The van der Waals surface area contributed by atoms with Crippen molar-refractivity contribution >= 4 is 54.7 Å². The maximum absolute atomic E-state index is 5.36. The van der Waals surface area contributed by atoms with Crippen molar-refractivity contribution in [3.63, 3.8) is 0 Å². The van der Waals surface area contributed by atoms with Crippen LogP contribution >= 0.6 is 46.0 Å². The molecule has 0 aliphatic heterocycles. The van der Waals surface area contributed by atoms with Gasteiger partial charge in [-0.05, 0) is 34.4 Å². The second kappa shape index (κ2) is 6.87. The zero-order chi connectivity index (χ0) is 10.4. The molecule has 1 aliphatic rings. The van der Waals surface area contributed by atoms with Crippen molar-refractivity contribution in [1.82, 2.24) is 5.32 Å². The fourth-order valence-corrected chi connectivity index (χ4v) is 3.29. The van der Waals surface area contributed by atoms with Gasteiger partial charge in [0.25, 0.3) is 0 Å². The standard InChI is InChI=1S/C8H14N2S4/c9-7(11)13-14-8(12)10-6-4-2-1-3-5-6/h6H,1-5H2,(H2,9,11)(H,10,12). The van der Waals surface area contributed by atoms with Crippen molar-refractivity contribution in [2.24, 2.45) is 5.73 Å². The minimum atomic E-state index is 0.433. The molecule has 14 heavy (non-hydrogen) atoms. The van der Waals surface area contributed by atoms with Crippen molar-refractivity contribution in [2.45, 2.75) is 38.1 Å². The smallest absolute Gasteiger partial charge is 0.145 e. The molecule has 0 saturated heterocycles. The van der Waals surface area contributed by atoms with E-state index in [-0.39, 0.29) is 0 Å². The Labute approximate surface area is 104 Å². The van der Waals surface area contributed by atoms with Gasteiger partial charge in [0, 0.05) is 6.04 Å². The minimum absolute atomic E-state index is 0.433. The summed E-state index contributed by atoms with van der Waals surface area (Å²) in [6.45, 7) is 0. The molecule has 0 aromatic heterocycles. The van der Waals surface area contributed by atoms with E-state index in [9.17, 15) is 0 Å². The van der Waals surface area contributed by atoms with Gasteiger partial charge in [0.15, 0.2) is 0 Å². The van der Waals surface area contributed by atoms with Crippen LogP contribution in [0.3, 0.4) is 0 Å². The Bertz CT molecular complexity index is 213. The van der Waals surface area contributed by atoms with Gasteiger partial charge in [-0.15, -0.1) is 0 Å². The molecule has 6 heteroatoms. The highest BCUT2D eigenvalue weighted by molar-refractivity contribution is 8.89. The molecule has 2 nitrogen and oxygen atoms in total. The molecule has 0 amide bonds. The Morgan fingerprint density at radius 1 is 1.14 bits per heavy atom. The molecule has 1 rings (SSSR count). The van der Waals surface area contributed by atoms with Crippen LogP contribution in [-0.4, -0.2) is 14.7 Å². The Hall–Kier alpha value is 0.480. The van der Waals surface area contributed by atoms with Crippen molar-refractivity contribution in [2.75, 3.05) is 0 Å². The quantitative estimate of drug-likeness (QED) is 0.562. The summed E-state index contributed by atoms with van der Waals surface area (Å²) in [6, 6.07) is 0.565. The van der Waals surface area contributed by atoms with Crippen molar-refractivity contribution < 1.29 is 0 Å². The number of rotatable bonds is 1. The second-order valence-corrected chi connectivity index (χ2v) is 6.80. The second-order valence-electron chi connectivity index (χ2n) is 3.25. The molecule has 0 radical (unpaired) electrons. The SMILES string of the molecule is NC(=S)SSC(=S)NC1CCCCC1. The van der Waals surface area contributed by atoms with Crippen LogP contribution in [-0.2, 0) is 0 Å². The van der Waals surface area contributed by atoms with Crippen LogP contribution in [0, 0.1) is 0 Å². The maximum Gasteiger partial charge on any atom is 0.145 e. The van der Waals surface area contributed by atoms with E-state index in [4.69, 9.17) is 30.2 Å². The summed E-state index contributed by atoms with van der Waals surface area (Å²) in [4.78, 5) is 0. The highest BCUT2D eigenvalue weighted by atomic mass is 33.1. The van der Waals surface area contributed by atoms with Crippen molar-refractivity contribution in [3.8, 4) is 0 Å².